The summed E-state index contributed by atoms with van der Waals surface area (Å²) in [6.45, 7) is 7.62. The zero-order valence-corrected chi connectivity index (χ0v) is 11.0. The van der Waals surface area contributed by atoms with Gasteiger partial charge in [0.25, 0.3) is 0 Å². The van der Waals surface area contributed by atoms with E-state index in [-0.39, 0.29) is 0 Å². The van der Waals surface area contributed by atoms with Gasteiger partial charge in [-0.3, -0.25) is 0 Å². The number of nitrogens with one attached hydrogen (secondary N) is 1. The van der Waals surface area contributed by atoms with Gasteiger partial charge in [0.2, 0.25) is 5.95 Å². The number of hydrogen-bond acceptors (Lipinski definition) is 5. The highest BCUT2D eigenvalue weighted by molar-refractivity contribution is 5.40. The van der Waals surface area contributed by atoms with Crippen LogP contribution in [-0.4, -0.2) is 34.3 Å². The lowest BCUT2D eigenvalue weighted by molar-refractivity contribution is 0.442. The maximum atomic E-state index is 4.53. The average molecular weight is 247 g/mol. The summed E-state index contributed by atoms with van der Waals surface area (Å²) in [5, 5.41) is 11.3. The molecule has 98 valence electrons. The molecule has 0 amide bonds. The molecule has 1 fully saturated rings. The Morgan fingerprint density at radius 3 is 3.22 bits per heavy atom. The maximum absolute atomic E-state index is 4.53. The SMILES string of the molecule is C=CCNc1cnnc(N2CCCCC2CC)n1. The molecule has 1 unspecified atom stereocenters. The number of nitrogens with zero attached hydrogens (tertiary/aromatic N) is 4. The Kier molecular flexibility index (Phi) is 4.50. The van der Waals surface area contributed by atoms with Crippen molar-refractivity contribution in [2.75, 3.05) is 23.3 Å². The molecule has 0 bridgehead atoms. The van der Waals surface area contributed by atoms with Crippen molar-refractivity contribution in [1.29, 1.82) is 0 Å². The fraction of sp³-hybridized carbons (Fsp3) is 0.615. The van der Waals surface area contributed by atoms with Crippen LogP contribution in [0.2, 0.25) is 0 Å². The third-order valence-corrected chi connectivity index (χ3v) is 3.33. The summed E-state index contributed by atoms with van der Waals surface area (Å²) < 4.78 is 0. The van der Waals surface area contributed by atoms with Gasteiger partial charge in [-0.1, -0.05) is 13.0 Å². The van der Waals surface area contributed by atoms with E-state index >= 15 is 0 Å². The number of aromatic nitrogens is 3. The van der Waals surface area contributed by atoms with Crippen LogP contribution in [0.15, 0.2) is 18.9 Å². The van der Waals surface area contributed by atoms with Gasteiger partial charge in [-0.05, 0) is 25.7 Å². The van der Waals surface area contributed by atoms with E-state index in [0.717, 1.165) is 24.7 Å². The van der Waals surface area contributed by atoms with Crippen molar-refractivity contribution in [3.8, 4) is 0 Å². The highest BCUT2D eigenvalue weighted by Crippen LogP contribution is 2.23. The minimum Gasteiger partial charge on any atom is -0.365 e. The maximum Gasteiger partial charge on any atom is 0.247 e. The van der Waals surface area contributed by atoms with E-state index in [4.69, 9.17) is 0 Å². The first-order valence-corrected chi connectivity index (χ1v) is 6.66. The molecule has 0 aliphatic carbocycles. The average Bonchev–Trinajstić information content (AvgIpc) is 2.45. The van der Waals surface area contributed by atoms with Crippen LogP contribution >= 0.6 is 0 Å². The lowest BCUT2D eigenvalue weighted by Crippen LogP contribution is -2.40. The van der Waals surface area contributed by atoms with Crippen LogP contribution in [-0.2, 0) is 0 Å². The van der Waals surface area contributed by atoms with E-state index in [1.54, 1.807) is 12.3 Å². The highest BCUT2D eigenvalue weighted by atomic mass is 15.3. The predicted octanol–water partition coefficient (Wildman–Crippen LogP) is 2.24. The van der Waals surface area contributed by atoms with E-state index < -0.39 is 0 Å². The van der Waals surface area contributed by atoms with Gasteiger partial charge in [-0.15, -0.1) is 11.7 Å². The normalized spacial score (nSPS) is 19.6. The Hall–Kier alpha value is -1.65. The molecule has 0 aromatic carbocycles. The smallest absolute Gasteiger partial charge is 0.247 e. The van der Waals surface area contributed by atoms with Crippen LogP contribution in [0.3, 0.4) is 0 Å². The van der Waals surface area contributed by atoms with Crippen molar-refractivity contribution >= 4 is 11.8 Å². The summed E-state index contributed by atoms with van der Waals surface area (Å²) in [7, 11) is 0. The quantitative estimate of drug-likeness (QED) is 0.809. The Morgan fingerprint density at radius 1 is 1.56 bits per heavy atom. The van der Waals surface area contributed by atoms with Gasteiger partial charge < -0.3 is 10.2 Å². The number of rotatable bonds is 5. The molecular weight excluding hydrogens is 226 g/mol. The zero-order valence-electron chi connectivity index (χ0n) is 11.0. The van der Waals surface area contributed by atoms with Gasteiger partial charge in [0.1, 0.15) is 0 Å². The molecule has 1 aromatic heterocycles. The fourth-order valence-electron chi connectivity index (χ4n) is 2.37. The van der Waals surface area contributed by atoms with E-state index in [1.165, 1.54) is 19.3 Å². The summed E-state index contributed by atoms with van der Waals surface area (Å²) in [6, 6.07) is 0.551. The summed E-state index contributed by atoms with van der Waals surface area (Å²) >= 11 is 0. The minimum absolute atomic E-state index is 0.551. The first-order valence-electron chi connectivity index (χ1n) is 6.66. The molecular formula is C13H21N5. The topological polar surface area (TPSA) is 53.9 Å². The Labute approximate surface area is 108 Å². The van der Waals surface area contributed by atoms with Crippen LogP contribution in [0.1, 0.15) is 32.6 Å². The molecule has 1 aliphatic rings. The first-order chi connectivity index (χ1) is 8.85. The molecule has 1 N–H and O–H groups in total. The number of piperidine rings is 1. The Bertz CT molecular complexity index is 393. The molecule has 0 saturated carbocycles. The lowest BCUT2D eigenvalue weighted by atomic mass is 10.0. The summed E-state index contributed by atoms with van der Waals surface area (Å²) in [6.07, 6.45) is 8.33. The van der Waals surface area contributed by atoms with Crippen LogP contribution in [0.25, 0.3) is 0 Å². The van der Waals surface area contributed by atoms with Crippen molar-refractivity contribution in [2.24, 2.45) is 0 Å². The summed E-state index contributed by atoms with van der Waals surface area (Å²) in [4.78, 5) is 6.81. The van der Waals surface area contributed by atoms with Gasteiger partial charge in [-0.25, -0.2) is 0 Å². The van der Waals surface area contributed by atoms with E-state index in [2.05, 4.69) is 38.9 Å². The van der Waals surface area contributed by atoms with Crippen molar-refractivity contribution in [3.63, 3.8) is 0 Å². The van der Waals surface area contributed by atoms with E-state index in [9.17, 15) is 0 Å². The fourth-order valence-corrected chi connectivity index (χ4v) is 2.37. The van der Waals surface area contributed by atoms with Crippen LogP contribution in [0.5, 0.6) is 0 Å². The van der Waals surface area contributed by atoms with Gasteiger partial charge in [-0.2, -0.15) is 10.1 Å². The molecule has 1 saturated heterocycles. The largest absolute Gasteiger partial charge is 0.365 e. The second kappa shape index (κ2) is 6.33. The monoisotopic (exact) mass is 247 g/mol. The highest BCUT2D eigenvalue weighted by Gasteiger charge is 2.23. The number of hydrogen-bond donors (Lipinski definition) is 1. The van der Waals surface area contributed by atoms with Crippen LogP contribution in [0, 0.1) is 0 Å². The molecule has 0 radical (unpaired) electrons. The third kappa shape index (κ3) is 2.97. The van der Waals surface area contributed by atoms with Gasteiger partial charge in [0, 0.05) is 19.1 Å². The molecule has 2 heterocycles. The van der Waals surface area contributed by atoms with Crippen LogP contribution < -0.4 is 10.2 Å². The lowest BCUT2D eigenvalue weighted by Gasteiger charge is -2.34. The second-order valence-corrected chi connectivity index (χ2v) is 4.56. The van der Waals surface area contributed by atoms with Crippen molar-refractivity contribution in [3.05, 3.63) is 18.9 Å². The molecule has 1 aromatic rings. The standard InChI is InChI=1S/C13H21N5/c1-3-8-14-12-10-15-17-13(16-12)18-9-6-5-7-11(18)4-2/h3,10-11H,1,4-9H2,2H3,(H,14,16,17). The van der Waals surface area contributed by atoms with Crippen molar-refractivity contribution in [1.82, 2.24) is 15.2 Å². The Balaban J connectivity index is 2.12. The van der Waals surface area contributed by atoms with Crippen LogP contribution in [0.4, 0.5) is 11.8 Å². The van der Waals surface area contributed by atoms with Gasteiger partial charge in [0.05, 0.1) is 6.20 Å². The van der Waals surface area contributed by atoms with E-state index in [0.29, 0.717) is 12.6 Å². The zero-order chi connectivity index (χ0) is 12.8. The summed E-state index contributed by atoms with van der Waals surface area (Å²) in [5.74, 6) is 1.51. The molecule has 18 heavy (non-hydrogen) atoms. The Morgan fingerprint density at radius 2 is 2.44 bits per heavy atom. The molecule has 0 spiro atoms. The molecule has 1 aliphatic heterocycles. The molecule has 5 nitrogen and oxygen atoms in total. The van der Waals surface area contributed by atoms with Crippen molar-refractivity contribution < 1.29 is 0 Å². The minimum atomic E-state index is 0.551. The van der Waals surface area contributed by atoms with E-state index in [1.807, 2.05) is 0 Å². The molecule has 5 heteroatoms. The number of anilines is 2. The van der Waals surface area contributed by atoms with Gasteiger partial charge in [0.15, 0.2) is 5.82 Å². The molecule has 2 rings (SSSR count). The molecule has 1 atom stereocenters. The summed E-state index contributed by atoms with van der Waals surface area (Å²) in [5.41, 5.74) is 0. The third-order valence-electron chi connectivity index (χ3n) is 3.33. The first kappa shape index (κ1) is 12.8. The predicted molar refractivity (Wildman–Crippen MR) is 73.8 cm³/mol. The van der Waals surface area contributed by atoms with Crippen molar-refractivity contribution in [2.45, 2.75) is 38.6 Å². The van der Waals surface area contributed by atoms with Gasteiger partial charge >= 0.3 is 0 Å². The second-order valence-electron chi connectivity index (χ2n) is 4.56.